The zero-order valence-electron chi connectivity index (χ0n) is 13.5. The van der Waals surface area contributed by atoms with Crippen LogP contribution >= 0.6 is 0 Å². The molecule has 6 nitrogen and oxygen atoms in total. The van der Waals surface area contributed by atoms with E-state index in [0.717, 1.165) is 0 Å². The third kappa shape index (κ3) is 3.47. The Kier molecular flexibility index (Phi) is 4.52. The Hall–Kier alpha value is -2.08. The minimum atomic E-state index is -0.0855. The summed E-state index contributed by atoms with van der Waals surface area (Å²) in [6, 6.07) is 7.35. The fourth-order valence-electron chi connectivity index (χ4n) is 3.11. The Bertz CT molecular complexity index is 594. The van der Waals surface area contributed by atoms with Gasteiger partial charge in [-0.2, -0.15) is 0 Å². The average Bonchev–Trinajstić information content (AvgIpc) is 2.66. The summed E-state index contributed by atoms with van der Waals surface area (Å²) in [7, 11) is 0. The van der Waals surface area contributed by atoms with Gasteiger partial charge < -0.3 is 14.4 Å². The van der Waals surface area contributed by atoms with E-state index in [1.807, 2.05) is 38.1 Å². The number of hydrogen-bond donors (Lipinski definition) is 0. The molecule has 0 aromatic heterocycles. The normalized spacial score (nSPS) is 24.7. The van der Waals surface area contributed by atoms with Crippen molar-refractivity contribution in [3.8, 4) is 5.75 Å². The maximum absolute atomic E-state index is 12.7. The summed E-state index contributed by atoms with van der Waals surface area (Å²) in [5.74, 6) is 0.504. The van der Waals surface area contributed by atoms with Gasteiger partial charge in [0.1, 0.15) is 12.3 Å². The number of rotatable bonds is 2. The van der Waals surface area contributed by atoms with Gasteiger partial charge in [-0.1, -0.05) is 12.1 Å². The third-order valence-electron chi connectivity index (χ3n) is 4.10. The van der Waals surface area contributed by atoms with E-state index < -0.39 is 0 Å². The topological polar surface area (TPSA) is 59.1 Å². The molecule has 2 aliphatic rings. The second kappa shape index (κ2) is 6.58. The van der Waals surface area contributed by atoms with Crippen LogP contribution in [0.4, 0.5) is 5.69 Å². The van der Waals surface area contributed by atoms with Crippen molar-refractivity contribution in [3.63, 3.8) is 0 Å². The number of fused-ring (bicyclic) bond motifs is 1. The van der Waals surface area contributed by atoms with E-state index in [1.165, 1.54) is 4.90 Å². The first kappa shape index (κ1) is 15.8. The number of carbonyl (C=O) groups excluding carboxylic acids is 2. The first-order valence-electron chi connectivity index (χ1n) is 8.00. The molecule has 0 spiro atoms. The molecule has 0 aliphatic carbocycles. The van der Waals surface area contributed by atoms with Crippen LogP contribution in [0.1, 0.15) is 20.3 Å². The molecule has 124 valence electrons. The largest absolute Gasteiger partial charge is 0.491 e. The number of carbonyl (C=O) groups is 2. The standard InChI is InChI=1S/C17H22N2O4/c1-12-9-18(10-13(2)23-12)17(21)11-19-14-5-3-4-6-15(14)22-8-7-16(19)20/h3-6,12-13H,7-11H2,1-2H3/t12-,13-/m1/s1. The molecular formula is C17H22N2O4. The average molecular weight is 318 g/mol. The van der Waals surface area contributed by atoms with Gasteiger partial charge in [-0.05, 0) is 26.0 Å². The highest BCUT2D eigenvalue weighted by Gasteiger charge is 2.30. The lowest BCUT2D eigenvalue weighted by molar-refractivity contribution is -0.142. The molecule has 23 heavy (non-hydrogen) atoms. The maximum Gasteiger partial charge on any atom is 0.242 e. The predicted molar refractivity (Wildman–Crippen MR) is 85.5 cm³/mol. The van der Waals surface area contributed by atoms with Crippen LogP contribution in [0.15, 0.2) is 24.3 Å². The Labute approximate surface area is 136 Å². The van der Waals surface area contributed by atoms with E-state index in [9.17, 15) is 9.59 Å². The number of morpholine rings is 1. The molecular weight excluding hydrogens is 296 g/mol. The van der Waals surface area contributed by atoms with Crippen LogP contribution in [0, 0.1) is 0 Å². The molecule has 0 unspecified atom stereocenters. The van der Waals surface area contributed by atoms with Gasteiger partial charge in [-0.3, -0.25) is 14.5 Å². The molecule has 1 aromatic rings. The van der Waals surface area contributed by atoms with Gasteiger partial charge >= 0.3 is 0 Å². The van der Waals surface area contributed by atoms with Crippen LogP contribution in [-0.2, 0) is 14.3 Å². The molecule has 2 amide bonds. The molecule has 2 aliphatic heterocycles. The van der Waals surface area contributed by atoms with E-state index in [-0.39, 0.29) is 37.0 Å². The second-order valence-corrected chi connectivity index (χ2v) is 6.10. The predicted octanol–water partition coefficient (Wildman–Crippen LogP) is 1.44. The minimum absolute atomic E-state index is 0.0122. The Balaban J connectivity index is 1.78. The Morgan fingerprint density at radius 3 is 2.65 bits per heavy atom. The third-order valence-corrected chi connectivity index (χ3v) is 4.10. The van der Waals surface area contributed by atoms with Crippen molar-refractivity contribution in [1.82, 2.24) is 4.90 Å². The maximum atomic E-state index is 12.7. The van der Waals surface area contributed by atoms with E-state index in [0.29, 0.717) is 31.1 Å². The Morgan fingerprint density at radius 1 is 1.22 bits per heavy atom. The van der Waals surface area contributed by atoms with Crippen molar-refractivity contribution in [2.75, 3.05) is 31.1 Å². The lowest BCUT2D eigenvalue weighted by Gasteiger charge is -2.36. The fourth-order valence-corrected chi connectivity index (χ4v) is 3.11. The summed E-state index contributed by atoms with van der Waals surface area (Å²) >= 11 is 0. The number of amides is 2. The highest BCUT2D eigenvalue weighted by Crippen LogP contribution is 2.31. The summed E-state index contributed by atoms with van der Waals surface area (Å²) in [4.78, 5) is 28.4. The van der Waals surface area contributed by atoms with Gasteiger partial charge in [0.15, 0.2) is 0 Å². The van der Waals surface area contributed by atoms with Crippen LogP contribution in [0.3, 0.4) is 0 Å². The summed E-state index contributed by atoms with van der Waals surface area (Å²) in [6.45, 7) is 5.41. The van der Waals surface area contributed by atoms with Crippen LogP contribution in [-0.4, -0.2) is 55.2 Å². The van der Waals surface area contributed by atoms with E-state index >= 15 is 0 Å². The van der Waals surface area contributed by atoms with Gasteiger partial charge in [0, 0.05) is 13.1 Å². The highest BCUT2D eigenvalue weighted by atomic mass is 16.5. The molecule has 0 saturated carbocycles. The van der Waals surface area contributed by atoms with Crippen molar-refractivity contribution in [2.45, 2.75) is 32.5 Å². The number of ether oxygens (including phenoxy) is 2. The molecule has 1 aromatic carbocycles. The van der Waals surface area contributed by atoms with E-state index in [2.05, 4.69) is 0 Å². The molecule has 0 bridgehead atoms. The van der Waals surface area contributed by atoms with Crippen LogP contribution in [0.25, 0.3) is 0 Å². The zero-order valence-corrected chi connectivity index (χ0v) is 13.5. The fraction of sp³-hybridized carbons (Fsp3) is 0.529. The Morgan fingerprint density at radius 2 is 1.91 bits per heavy atom. The zero-order chi connectivity index (χ0) is 16.4. The summed E-state index contributed by atoms with van der Waals surface area (Å²) < 4.78 is 11.3. The van der Waals surface area contributed by atoms with Crippen LogP contribution in [0.5, 0.6) is 5.75 Å². The van der Waals surface area contributed by atoms with Gasteiger partial charge in [-0.15, -0.1) is 0 Å². The molecule has 0 radical (unpaired) electrons. The molecule has 1 saturated heterocycles. The molecule has 3 rings (SSSR count). The molecule has 6 heteroatoms. The SMILES string of the molecule is C[C@@H]1CN(C(=O)CN2C(=O)CCOc3ccccc32)C[C@@H](C)O1. The van der Waals surface area contributed by atoms with E-state index in [1.54, 1.807) is 4.90 Å². The van der Waals surface area contributed by atoms with Crippen molar-refractivity contribution >= 4 is 17.5 Å². The molecule has 2 atom stereocenters. The lowest BCUT2D eigenvalue weighted by Crippen LogP contribution is -2.51. The van der Waals surface area contributed by atoms with Gasteiger partial charge in [0.25, 0.3) is 0 Å². The quantitative estimate of drug-likeness (QED) is 0.828. The summed E-state index contributed by atoms with van der Waals surface area (Å²) in [5.41, 5.74) is 0.665. The number of nitrogens with zero attached hydrogens (tertiary/aromatic N) is 2. The lowest BCUT2D eigenvalue weighted by atomic mass is 10.2. The monoisotopic (exact) mass is 318 g/mol. The highest BCUT2D eigenvalue weighted by molar-refractivity contribution is 6.00. The number of para-hydroxylation sites is 2. The summed E-state index contributed by atoms with van der Waals surface area (Å²) in [5, 5.41) is 0. The number of hydrogen-bond acceptors (Lipinski definition) is 4. The van der Waals surface area contributed by atoms with Crippen molar-refractivity contribution < 1.29 is 19.1 Å². The molecule has 0 N–H and O–H groups in total. The first-order valence-corrected chi connectivity index (χ1v) is 8.00. The van der Waals surface area contributed by atoms with E-state index in [4.69, 9.17) is 9.47 Å². The van der Waals surface area contributed by atoms with Crippen molar-refractivity contribution in [1.29, 1.82) is 0 Å². The second-order valence-electron chi connectivity index (χ2n) is 6.10. The first-order chi connectivity index (χ1) is 11.0. The van der Waals surface area contributed by atoms with Gasteiger partial charge in [0.2, 0.25) is 11.8 Å². The molecule has 2 heterocycles. The smallest absolute Gasteiger partial charge is 0.242 e. The van der Waals surface area contributed by atoms with Crippen LogP contribution < -0.4 is 9.64 Å². The van der Waals surface area contributed by atoms with Crippen LogP contribution in [0.2, 0.25) is 0 Å². The summed E-state index contributed by atoms with van der Waals surface area (Å²) in [6.07, 6.45) is 0.300. The molecule has 1 fully saturated rings. The van der Waals surface area contributed by atoms with Gasteiger partial charge in [0.05, 0.1) is 30.9 Å². The van der Waals surface area contributed by atoms with Crippen molar-refractivity contribution in [3.05, 3.63) is 24.3 Å². The minimum Gasteiger partial charge on any atom is -0.491 e. The number of anilines is 1. The van der Waals surface area contributed by atoms with Gasteiger partial charge in [-0.25, -0.2) is 0 Å². The van der Waals surface area contributed by atoms with Crippen molar-refractivity contribution in [2.24, 2.45) is 0 Å². The number of benzene rings is 1.